The van der Waals surface area contributed by atoms with Crippen LogP contribution in [0.3, 0.4) is 0 Å². The first-order valence-corrected chi connectivity index (χ1v) is 10.9. The second kappa shape index (κ2) is 9.64. The van der Waals surface area contributed by atoms with Crippen molar-refractivity contribution in [1.82, 2.24) is 9.88 Å². The number of nitrogens with zero attached hydrogens (tertiary/aromatic N) is 2. The van der Waals surface area contributed by atoms with E-state index in [1.807, 2.05) is 13.0 Å². The van der Waals surface area contributed by atoms with Crippen molar-refractivity contribution in [3.05, 3.63) is 112 Å². The minimum absolute atomic E-state index is 0.0179. The SMILES string of the molecule is Cc1ccccc1CN(Cc1cc(C(F)(F)F)cc(C(F)(F)F)c1)C(=O)c1cnc2ccccc2c1. The van der Waals surface area contributed by atoms with Crippen molar-refractivity contribution >= 4 is 16.8 Å². The summed E-state index contributed by atoms with van der Waals surface area (Å²) in [6.45, 7) is 1.32. The standard InChI is InChI=1S/C27H20F6N2O/c1-17-6-2-3-8-20(17)16-35(25(36)21-12-19-7-4-5-9-24(19)34-14-21)15-18-10-22(26(28,29)30)13-23(11-18)27(31,32)33/h2-14H,15-16H2,1H3. The number of alkyl halides is 6. The summed E-state index contributed by atoms with van der Waals surface area (Å²) >= 11 is 0. The molecule has 0 saturated heterocycles. The Morgan fingerprint density at radius 2 is 1.42 bits per heavy atom. The lowest BCUT2D eigenvalue weighted by Gasteiger charge is -2.25. The van der Waals surface area contributed by atoms with Gasteiger partial charge in [-0.2, -0.15) is 26.3 Å². The molecule has 0 aliphatic heterocycles. The first-order chi connectivity index (χ1) is 16.9. The van der Waals surface area contributed by atoms with Crippen LogP contribution in [0.1, 0.15) is 38.2 Å². The van der Waals surface area contributed by atoms with Gasteiger partial charge in [0.05, 0.1) is 22.2 Å². The van der Waals surface area contributed by atoms with Crippen LogP contribution in [0.5, 0.6) is 0 Å². The van der Waals surface area contributed by atoms with Crippen molar-refractivity contribution in [3.63, 3.8) is 0 Å². The maximum absolute atomic E-state index is 13.5. The molecule has 0 aliphatic carbocycles. The van der Waals surface area contributed by atoms with Gasteiger partial charge in [-0.25, -0.2) is 0 Å². The van der Waals surface area contributed by atoms with E-state index in [-0.39, 0.29) is 23.7 Å². The number of pyridine rings is 1. The number of carbonyl (C=O) groups is 1. The van der Waals surface area contributed by atoms with Crippen LogP contribution in [0.2, 0.25) is 0 Å². The number of rotatable bonds is 5. The molecule has 3 nitrogen and oxygen atoms in total. The Morgan fingerprint density at radius 3 is 2.06 bits per heavy atom. The minimum atomic E-state index is -4.98. The van der Waals surface area contributed by atoms with Crippen LogP contribution in [-0.4, -0.2) is 15.8 Å². The monoisotopic (exact) mass is 502 g/mol. The Kier molecular flexibility index (Phi) is 6.75. The number of amides is 1. The molecule has 0 N–H and O–H groups in total. The second-order valence-corrected chi connectivity index (χ2v) is 8.42. The maximum Gasteiger partial charge on any atom is 0.416 e. The molecule has 1 amide bonds. The molecule has 4 aromatic rings. The Hall–Kier alpha value is -3.88. The minimum Gasteiger partial charge on any atom is -0.330 e. The third kappa shape index (κ3) is 5.67. The second-order valence-electron chi connectivity index (χ2n) is 8.42. The number of aromatic nitrogens is 1. The molecular weight excluding hydrogens is 482 g/mol. The summed E-state index contributed by atoms with van der Waals surface area (Å²) in [7, 11) is 0. The van der Waals surface area contributed by atoms with Gasteiger partial charge in [-0.1, -0.05) is 42.5 Å². The van der Waals surface area contributed by atoms with Gasteiger partial charge in [0, 0.05) is 24.7 Å². The van der Waals surface area contributed by atoms with Crippen molar-refractivity contribution in [3.8, 4) is 0 Å². The molecule has 1 aromatic heterocycles. The highest BCUT2D eigenvalue weighted by atomic mass is 19.4. The van der Waals surface area contributed by atoms with Gasteiger partial charge in [0.1, 0.15) is 0 Å². The van der Waals surface area contributed by atoms with E-state index in [0.29, 0.717) is 28.6 Å². The summed E-state index contributed by atoms with van der Waals surface area (Å²) in [5.74, 6) is -0.567. The number of halogens is 6. The normalized spacial score (nSPS) is 12.1. The van der Waals surface area contributed by atoms with Crippen LogP contribution in [0.4, 0.5) is 26.3 Å². The summed E-state index contributed by atoms with van der Waals surface area (Å²) in [5.41, 5.74) is -0.786. The molecule has 0 radical (unpaired) electrons. The Labute approximate surface area is 203 Å². The summed E-state index contributed by atoms with van der Waals surface area (Å²) < 4.78 is 80.3. The highest BCUT2D eigenvalue weighted by molar-refractivity contribution is 5.97. The lowest BCUT2D eigenvalue weighted by atomic mass is 10.0. The van der Waals surface area contributed by atoms with Gasteiger partial charge in [0.25, 0.3) is 5.91 Å². The van der Waals surface area contributed by atoms with E-state index in [4.69, 9.17) is 0 Å². The predicted octanol–water partition coefficient (Wildman–Crippen LogP) is 7.42. The summed E-state index contributed by atoms with van der Waals surface area (Å²) in [6.07, 6.45) is -8.62. The third-order valence-corrected chi connectivity index (χ3v) is 5.77. The van der Waals surface area contributed by atoms with Crippen LogP contribution in [0.15, 0.2) is 79.0 Å². The van der Waals surface area contributed by atoms with Gasteiger partial charge >= 0.3 is 12.4 Å². The Bertz CT molecular complexity index is 1380. The van der Waals surface area contributed by atoms with E-state index in [1.54, 1.807) is 48.5 Å². The number of para-hydroxylation sites is 1. The first kappa shape index (κ1) is 25.2. The van der Waals surface area contributed by atoms with E-state index in [1.165, 1.54) is 11.1 Å². The van der Waals surface area contributed by atoms with Gasteiger partial charge in [0.2, 0.25) is 0 Å². The molecule has 0 unspecified atom stereocenters. The highest BCUT2D eigenvalue weighted by Gasteiger charge is 2.37. The number of aryl methyl sites for hydroxylation is 1. The summed E-state index contributed by atoms with van der Waals surface area (Å²) in [4.78, 5) is 19.0. The molecule has 0 atom stereocenters. The van der Waals surface area contributed by atoms with E-state index >= 15 is 0 Å². The van der Waals surface area contributed by atoms with Crippen LogP contribution >= 0.6 is 0 Å². The van der Waals surface area contributed by atoms with E-state index in [0.717, 1.165) is 5.56 Å². The van der Waals surface area contributed by atoms with Gasteiger partial charge in [-0.05, 0) is 53.9 Å². The molecule has 186 valence electrons. The molecule has 4 rings (SSSR count). The summed E-state index contributed by atoms with van der Waals surface area (Å²) in [6, 6.07) is 17.1. The molecule has 0 saturated carbocycles. The van der Waals surface area contributed by atoms with Gasteiger partial charge in [0.15, 0.2) is 0 Å². The van der Waals surface area contributed by atoms with Crippen molar-refractivity contribution in [1.29, 1.82) is 0 Å². The van der Waals surface area contributed by atoms with Crippen LogP contribution in [0, 0.1) is 6.92 Å². The quantitative estimate of drug-likeness (QED) is 0.266. The predicted molar refractivity (Wildman–Crippen MR) is 123 cm³/mol. The Morgan fingerprint density at radius 1 is 0.806 bits per heavy atom. The molecule has 1 heterocycles. The van der Waals surface area contributed by atoms with Gasteiger partial charge in [-0.15, -0.1) is 0 Å². The largest absolute Gasteiger partial charge is 0.416 e. The van der Waals surface area contributed by atoms with E-state index < -0.39 is 35.9 Å². The molecule has 3 aromatic carbocycles. The fraction of sp³-hybridized carbons (Fsp3) is 0.185. The maximum atomic E-state index is 13.5. The topological polar surface area (TPSA) is 33.2 Å². The smallest absolute Gasteiger partial charge is 0.330 e. The van der Waals surface area contributed by atoms with Crippen molar-refractivity contribution in [2.24, 2.45) is 0 Å². The Balaban J connectivity index is 1.77. The van der Waals surface area contributed by atoms with Crippen LogP contribution < -0.4 is 0 Å². The lowest BCUT2D eigenvalue weighted by molar-refractivity contribution is -0.143. The van der Waals surface area contributed by atoms with Gasteiger partial charge < -0.3 is 4.90 Å². The molecule has 36 heavy (non-hydrogen) atoms. The van der Waals surface area contributed by atoms with Crippen molar-refractivity contribution in [2.75, 3.05) is 0 Å². The van der Waals surface area contributed by atoms with Crippen LogP contribution in [0.25, 0.3) is 10.9 Å². The molecule has 9 heteroatoms. The fourth-order valence-corrected chi connectivity index (χ4v) is 3.89. The molecular formula is C27H20F6N2O. The number of benzene rings is 3. The van der Waals surface area contributed by atoms with Gasteiger partial charge in [-0.3, -0.25) is 9.78 Å². The summed E-state index contributed by atoms with van der Waals surface area (Å²) in [5, 5.41) is 0.678. The zero-order chi connectivity index (χ0) is 26.1. The third-order valence-electron chi connectivity index (χ3n) is 5.77. The fourth-order valence-electron chi connectivity index (χ4n) is 3.89. The number of fused-ring (bicyclic) bond motifs is 1. The molecule has 0 spiro atoms. The number of hydrogen-bond acceptors (Lipinski definition) is 2. The van der Waals surface area contributed by atoms with E-state index in [2.05, 4.69) is 4.98 Å². The molecule has 0 bridgehead atoms. The number of hydrogen-bond donors (Lipinski definition) is 0. The zero-order valence-electron chi connectivity index (χ0n) is 19.0. The average molecular weight is 502 g/mol. The lowest BCUT2D eigenvalue weighted by Crippen LogP contribution is -2.31. The first-order valence-electron chi connectivity index (χ1n) is 10.9. The molecule has 0 fully saturated rings. The number of carbonyl (C=O) groups excluding carboxylic acids is 1. The van der Waals surface area contributed by atoms with E-state index in [9.17, 15) is 31.1 Å². The van der Waals surface area contributed by atoms with Crippen molar-refractivity contribution in [2.45, 2.75) is 32.4 Å². The average Bonchev–Trinajstić information content (AvgIpc) is 2.83. The van der Waals surface area contributed by atoms with Crippen LogP contribution in [-0.2, 0) is 25.4 Å². The molecule has 0 aliphatic rings. The van der Waals surface area contributed by atoms with Crippen molar-refractivity contribution < 1.29 is 31.1 Å². The highest BCUT2D eigenvalue weighted by Crippen LogP contribution is 2.36. The zero-order valence-corrected chi connectivity index (χ0v) is 19.0.